The molecule has 0 amide bonds. The lowest BCUT2D eigenvalue weighted by molar-refractivity contribution is -0.434. The van der Waals surface area contributed by atoms with Crippen LogP contribution in [-0.2, 0) is 25.9 Å². The molecule has 0 saturated heterocycles. The Kier molecular flexibility index (Phi) is 13.3. The number of likely N-dealkylation sites (N-methyl/N-ethyl adjacent to an activating group) is 1. The molecule has 2 aromatic heterocycles. The first-order valence-electron chi connectivity index (χ1n) is 25.2. The molecule has 1 aliphatic carbocycles. The van der Waals surface area contributed by atoms with Crippen LogP contribution in [0.15, 0.2) is 138 Å². The fourth-order valence-corrected chi connectivity index (χ4v) is 13.1. The second-order valence-electron chi connectivity index (χ2n) is 18.2. The van der Waals surface area contributed by atoms with Crippen molar-refractivity contribution in [1.82, 2.24) is 9.13 Å². The second-order valence-corrected chi connectivity index (χ2v) is 18.6. The minimum Gasteiger partial charge on any atom is -0.368 e. The van der Waals surface area contributed by atoms with Crippen molar-refractivity contribution in [3.63, 3.8) is 0 Å². The molecule has 336 valence electrons. The maximum Gasteiger partial charge on any atom is 0.209 e. The van der Waals surface area contributed by atoms with E-state index in [1.54, 1.807) is 5.71 Å². The molecule has 6 aromatic rings. The summed E-state index contributed by atoms with van der Waals surface area (Å²) < 4.78 is 7.69. The molecule has 0 bridgehead atoms. The van der Waals surface area contributed by atoms with E-state index in [2.05, 4.69) is 195 Å². The smallest absolute Gasteiger partial charge is 0.209 e. The molecule has 4 heterocycles. The van der Waals surface area contributed by atoms with Crippen molar-refractivity contribution in [2.75, 3.05) is 18.0 Å². The highest BCUT2D eigenvalue weighted by Gasteiger charge is 2.49. The fourth-order valence-electron chi connectivity index (χ4n) is 12.8. The topological polar surface area (TPSA) is 16.1 Å². The van der Waals surface area contributed by atoms with Gasteiger partial charge in [0.2, 0.25) is 5.69 Å². The Morgan fingerprint density at radius 2 is 1.29 bits per heavy atom. The summed E-state index contributed by atoms with van der Waals surface area (Å²) in [7, 11) is 0. The number of benzene rings is 4. The van der Waals surface area contributed by atoms with Crippen LogP contribution in [0, 0.1) is 5.92 Å². The van der Waals surface area contributed by atoms with Crippen LogP contribution in [0.5, 0.6) is 0 Å². The highest BCUT2D eigenvalue weighted by Crippen LogP contribution is 2.53. The van der Waals surface area contributed by atoms with Gasteiger partial charge in [0.25, 0.3) is 0 Å². The van der Waals surface area contributed by atoms with Gasteiger partial charge in [-0.2, -0.15) is 4.58 Å². The third-order valence-corrected chi connectivity index (χ3v) is 15.8. The van der Waals surface area contributed by atoms with Crippen LogP contribution in [0.4, 0.5) is 11.4 Å². The molecule has 4 unspecified atom stereocenters. The lowest BCUT2D eigenvalue weighted by Gasteiger charge is -2.34. The van der Waals surface area contributed by atoms with Gasteiger partial charge < -0.3 is 14.0 Å². The standard InChI is InChI=1S/C60H70ClN4/c1-9-48-56(42-28-17-21-32-52(42)62(48)13-5)46(57-43-29-18-22-33-53(43)63(14-6)49(57)10-2)38-36-40-26-25-27-41(60(40)61)37-39-47(58-44-30-19-23-34-54(44)64(15-7)50(58)11-3)59-45-31-20-24-35-55(45)65(16-8)51(59)12-4/h17-24,28-39,46,48,56-57H,9-16,25-27H2,1-8H3/q+1/b38-36+,41-37+. The number of anilines is 1. The van der Waals surface area contributed by atoms with E-state index in [1.165, 1.54) is 83.5 Å². The van der Waals surface area contributed by atoms with Gasteiger partial charge >= 0.3 is 0 Å². The van der Waals surface area contributed by atoms with Gasteiger partial charge in [0.05, 0.1) is 5.92 Å². The van der Waals surface area contributed by atoms with Gasteiger partial charge in [0.15, 0.2) is 5.71 Å². The number of aryl methyl sites for hydroxylation is 2. The minimum absolute atomic E-state index is 0.259. The Balaban J connectivity index is 1.22. The summed E-state index contributed by atoms with van der Waals surface area (Å²) in [6.07, 6.45) is 17.0. The molecular formula is C60H70ClN4+. The van der Waals surface area contributed by atoms with Gasteiger partial charge in [-0.3, -0.25) is 0 Å². The number of aromatic nitrogens is 2. The van der Waals surface area contributed by atoms with E-state index in [1.807, 2.05) is 0 Å². The van der Waals surface area contributed by atoms with Crippen molar-refractivity contribution < 1.29 is 4.58 Å². The lowest BCUT2D eigenvalue weighted by Crippen LogP contribution is -2.38. The second kappa shape index (κ2) is 19.3. The number of hydrogen-bond donors (Lipinski definition) is 0. The Hall–Kier alpha value is -5.32. The summed E-state index contributed by atoms with van der Waals surface area (Å²) in [5, 5.41) is 3.58. The van der Waals surface area contributed by atoms with Crippen LogP contribution < -0.4 is 4.90 Å². The van der Waals surface area contributed by atoms with E-state index in [0.29, 0.717) is 12.0 Å². The Morgan fingerprint density at radius 3 is 1.88 bits per heavy atom. The quantitative estimate of drug-likeness (QED) is 0.0939. The first kappa shape index (κ1) is 44.9. The predicted molar refractivity (Wildman–Crippen MR) is 280 cm³/mol. The monoisotopic (exact) mass is 882 g/mol. The first-order chi connectivity index (χ1) is 31.9. The normalized spacial score (nSPS) is 19.7. The number of rotatable bonds is 15. The number of fused-ring (bicyclic) bond motifs is 4. The Labute approximate surface area is 394 Å². The van der Waals surface area contributed by atoms with Crippen LogP contribution in [0.1, 0.15) is 133 Å². The number of nitrogens with zero attached hydrogens (tertiary/aromatic N) is 4. The molecule has 4 aromatic carbocycles. The largest absolute Gasteiger partial charge is 0.368 e. The van der Waals surface area contributed by atoms with Crippen LogP contribution in [0.25, 0.3) is 27.4 Å². The van der Waals surface area contributed by atoms with Gasteiger partial charge in [-0.25, -0.2) is 0 Å². The molecule has 3 aliphatic rings. The van der Waals surface area contributed by atoms with Crippen molar-refractivity contribution in [3.8, 4) is 0 Å². The van der Waals surface area contributed by atoms with E-state index < -0.39 is 0 Å². The van der Waals surface area contributed by atoms with Crippen LogP contribution in [-0.4, -0.2) is 38.6 Å². The molecule has 0 spiro atoms. The summed E-state index contributed by atoms with van der Waals surface area (Å²) in [5.74, 6) is 0.897. The molecule has 0 saturated carbocycles. The zero-order chi connectivity index (χ0) is 45.4. The maximum absolute atomic E-state index is 7.75. The van der Waals surface area contributed by atoms with Crippen LogP contribution in [0.2, 0.25) is 0 Å². The lowest BCUT2D eigenvalue weighted by atomic mass is 9.70. The average Bonchev–Trinajstić information content (AvgIpc) is 4.06. The predicted octanol–water partition coefficient (Wildman–Crippen LogP) is 15.7. The van der Waals surface area contributed by atoms with Crippen LogP contribution in [0.3, 0.4) is 0 Å². The van der Waals surface area contributed by atoms with Crippen molar-refractivity contribution >= 4 is 56.1 Å². The third-order valence-electron chi connectivity index (χ3n) is 15.4. The molecule has 5 heteroatoms. The van der Waals surface area contributed by atoms with Crippen LogP contribution >= 0.6 is 11.6 Å². The first-order valence-corrected chi connectivity index (χ1v) is 25.5. The number of hydrogen-bond acceptors (Lipinski definition) is 1. The van der Waals surface area contributed by atoms with Crippen molar-refractivity contribution in [3.05, 3.63) is 171 Å². The molecule has 2 aliphatic heterocycles. The van der Waals surface area contributed by atoms with Crippen molar-refractivity contribution in [1.29, 1.82) is 0 Å². The van der Waals surface area contributed by atoms with E-state index in [-0.39, 0.29) is 11.8 Å². The molecule has 0 fully saturated rings. The van der Waals surface area contributed by atoms with E-state index >= 15 is 0 Å². The molecule has 4 nitrogen and oxygen atoms in total. The third kappa shape index (κ3) is 7.49. The summed E-state index contributed by atoms with van der Waals surface area (Å²) in [6, 6.07) is 37.0. The van der Waals surface area contributed by atoms with E-state index in [4.69, 9.17) is 11.6 Å². The van der Waals surface area contributed by atoms with Gasteiger partial charge in [-0.15, -0.1) is 0 Å². The summed E-state index contributed by atoms with van der Waals surface area (Å²) in [4.78, 5) is 2.69. The zero-order valence-electron chi connectivity index (χ0n) is 40.3. The highest BCUT2D eigenvalue weighted by atomic mass is 35.5. The number of halogens is 1. The molecule has 0 N–H and O–H groups in total. The van der Waals surface area contributed by atoms with Crippen molar-refractivity contribution in [2.45, 2.75) is 131 Å². The number of allylic oxidation sites excluding steroid dienone is 7. The van der Waals surface area contributed by atoms with Crippen molar-refractivity contribution in [2.24, 2.45) is 5.92 Å². The zero-order valence-corrected chi connectivity index (χ0v) is 41.1. The molecule has 4 atom stereocenters. The fraction of sp³-hybridized carbons (Fsp3) is 0.383. The van der Waals surface area contributed by atoms with Gasteiger partial charge in [0, 0.05) is 111 Å². The molecular weight excluding hydrogens is 812 g/mol. The summed E-state index contributed by atoms with van der Waals surface area (Å²) in [5.41, 5.74) is 19.2. The van der Waals surface area contributed by atoms with Gasteiger partial charge in [0.1, 0.15) is 6.54 Å². The SMILES string of the molecule is CCC1=[N+](CC)c2ccccc2C1C(/C=C/C1=C(Cl)C(=C/C=C(c2c(CC)n(CC)c3ccccc23)c2c(CC)n(CC)c3ccccc23)/CCC1)C1c2ccccc2N(CC)C1CC. The summed E-state index contributed by atoms with van der Waals surface area (Å²) >= 11 is 7.75. The van der Waals surface area contributed by atoms with E-state index in [0.717, 1.165) is 76.2 Å². The number of para-hydroxylation sites is 4. The van der Waals surface area contributed by atoms with Gasteiger partial charge in [-0.05, 0) is 107 Å². The van der Waals surface area contributed by atoms with E-state index in [9.17, 15) is 0 Å². The molecule has 9 rings (SSSR count). The maximum atomic E-state index is 7.75. The highest BCUT2D eigenvalue weighted by molar-refractivity contribution is 6.32. The Morgan fingerprint density at radius 1 is 0.692 bits per heavy atom. The van der Waals surface area contributed by atoms with Gasteiger partial charge in [-0.1, -0.05) is 136 Å². The molecule has 0 radical (unpaired) electrons. The Bertz CT molecular complexity index is 2800. The molecule has 65 heavy (non-hydrogen) atoms. The summed E-state index contributed by atoms with van der Waals surface area (Å²) in [6.45, 7) is 22.5. The average molecular weight is 883 g/mol. The minimum atomic E-state index is 0.259.